The summed E-state index contributed by atoms with van der Waals surface area (Å²) < 4.78 is 0. The molecule has 0 radical (unpaired) electrons. The molecule has 0 aromatic carbocycles. The average molecular weight is 119 g/mol. The van der Waals surface area contributed by atoms with Crippen molar-refractivity contribution in [3.63, 3.8) is 0 Å². The number of nitrogens with zero attached hydrogens (tertiary/aromatic N) is 1. The zero-order valence-corrected chi connectivity index (χ0v) is 2.67. The summed E-state index contributed by atoms with van der Waals surface area (Å²) in [4.78, 5) is 12.4. The van der Waals surface area contributed by atoms with Crippen molar-refractivity contribution in [3.8, 4) is 0 Å². The minimum atomic E-state index is -0.875. The Morgan fingerprint density at radius 1 is 1.83 bits per heavy atom. The van der Waals surface area contributed by atoms with Crippen LogP contribution in [-0.2, 0) is 4.84 Å². The van der Waals surface area contributed by atoms with E-state index in [1.54, 1.807) is 0 Å². The molecule has 0 N–H and O–H groups in total. The van der Waals surface area contributed by atoms with Gasteiger partial charge in [0.15, 0.2) is 0 Å². The van der Waals surface area contributed by atoms with Crippen LogP contribution >= 0.6 is 0 Å². The van der Waals surface area contributed by atoms with Crippen LogP contribution in [0.25, 0.3) is 0 Å². The molecule has 0 bridgehead atoms. The van der Waals surface area contributed by atoms with Crippen molar-refractivity contribution < 1.29 is 9.92 Å². The predicted octanol–water partition coefficient (Wildman–Crippen LogP) is -1.09. The molecule has 0 aliphatic heterocycles. The van der Waals surface area contributed by atoms with Gasteiger partial charge in [0.1, 0.15) is 0 Å². The van der Waals surface area contributed by atoms with E-state index in [-0.39, 0.29) is 37.7 Å². The van der Waals surface area contributed by atoms with Crippen molar-refractivity contribution in [1.82, 2.24) is 0 Å². The van der Waals surface area contributed by atoms with E-state index < -0.39 is 5.09 Å². The van der Waals surface area contributed by atoms with E-state index in [2.05, 4.69) is 4.84 Å². The molecule has 0 unspecified atom stereocenters. The molecule has 0 aromatic rings. The van der Waals surface area contributed by atoms with Crippen molar-refractivity contribution in [2.24, 2.45) is 0 Å². The summed E-state index contributed by atoms with van der Waals surface area (Å²) in [5.41, 5.74) is 0. The molecule has 0 atom stereocenters. The van der Waals surface area contributed by atoms with Crippen molar-refractivity contribution in [1.29, 1.82) is 0 Å². The van der Waals surface area contributed by atoms with Gasteiger partial charge in [0.2, 0.25) is 0 Å². The van der Waals surface area contributed by atoms with Crippen LogP contribution < -0.4 is 0 Å². The van der Waals surface area contributed by atoms with Gasteiger partial charge in [-0.1, -0.05) is 0 Å². The number of hydrogen-bond acceptors (Lipinski definition) is 3. The molecule has 34 valence electrons. The van der Waals surface area contributed by atoms with Gasteiger partial charge in [-0.15, -0.1) is 10.1 Å². The molecule has 0 aliphatic carbocycles. The fourth-order valence-corrected chi connectivity index (χ4v) is 0. The van der Waals surface area contributed by atoms with Gasteiger partial charge in [0.05, 0.1) is 7.11 Å². The van der Waals surface area contributed by atoms with E-state index in [4.69, 9.17) is 10.1 Å². The molecule has 0 amide bonds. The van der Waals surface area contributed by atoms with E-state index in [0.29, 0.717) is 0 Å². The Morgan fingerprint density at radius 2 is 2.00 bits per heavy atom. The average Bonchev–Trinajstić information content (AvgIpc) is 1.38. The summed E-state index contributed by atoms with van der Waals surface area (Å²) in [6.45, 7) is 0. The maximum atomic E-state index is 8.95. The summed E-state index contributed by atoms with van der Waals surface area (Å²) in [6.07, 6.45) is 0. The van der Waals surface area contributed by atoms with Crippen molar-refractivity contribution in [2.75, 3.05) is 7.11 Å². The second kappa shape index (κ2) is 5.46. The molecule has 6 heavy (non-hydrogen) atoms. The van der Waals surface area contributed by atoms with E-state index in [9.17, 15) is 0 Å². The molecule has 0 fully saturated rings. The van der Waals surface area contributed by atoms with Gasteiger partial charge in [-0.2, -0.15) is 0 Å². The fourth-order valence-electron chi connectivity index (χ4n) is 0. The van der Waals surface area contributed by atoms with Crippen LogP contribution in [0.15, 0.2) is 0 Å². The SMILES string of the molecule is CO[N+](=O)[O-].[CaH2]. The predicted molar refractivity (Wildman–Crippen MR) is 22.5 cm³/mol. The van der Waals surface area contributed by atoms with E-state index >= 15 is 0 Å². The Labute approximate surface area is 64.6 Å². The van der Waals surface area contributed by atoms with Crippen LogP contribution in [0.2, 0.25) is 0 Å². The van der Waals surface area contributed by atoms with Crippen LogP contribution in [0, 0.1) is 10.1 Å². The van der Waals surface area contributed by atoms with Gasteiger partial charge in [0, 0.05) is 0 Å². The number of hydrogen-bond donors (Lipinski definition) is 0. The molecular formula is CH5CaNO3. The first kappa shape index (κ1) is 9.68. The molecule has 0 aromatic heterocycles. The van der Waals surface area contributed by atoms with Gasteiger partial charge in [-0.05, 0) is 0 Å². The summed E-state index contributed by atoms with van der Waals surface area (Å²) in [5.74, 6) is 0. The Bertz CT molecular complexity index is 46.1. The standard InChI is InChI=1S/CH3NO3.Ca.2H/c1-5-2(3)4;;;/h1H3;;;. The van der Waals surface area contributed by atoms with Gasteiger partial charge >= 0.3 is 37.7 Å². The third-order valence-electron chi connectivity index (χ3n) is 0.149. The Hall–Kier alpha value is 0.460. The second-order valence-corrected chi connectivity index (χ2v) is 0.406. The third-order valence-corrected chi connectivity index (χ3v) is 0.149. The zero-order chi connectivity index (χ0) is 4.28. The first-order valence-electron chi connectivity index (χ1n) is 0.956. The third kappa shape index (κ3) is 8.82. The summed E-state index contributed by atoms with van der Waals surface area (Å²) in [7, 11) is 1.00. The zero-order valence-electron chi connectivity index (χ0n) is 2.67. The second-order valence-electron chi connectivity index (χ2n) is 0.406. The van der Waals surface area contributed by atoms with Gasteiger partial charge in [0.25, 0.3) is 5.09 Å². The quantitative estimate of drug-likeness (QED) is 0.250. The molecule has 0 heterocycles. The molecule has 4 nitrogen and oxygen atoms in total. The monoisotopic (exact) mass is 119 g/mol. The fraction of sp³-hybridized carbons (Fsp3) is 1.00. The molecule has 5 heteroatoms. The Balaban J connectivity index is 0. The van der Waals surface area contributed by atoms with Crippen molar-refractivity contribution >= 4 is 37.7 Å². The van der Waals surface area contributed by atoms with Crippen molar-refractivity contribution in [2.45, 2.75) is 0 Å². The van der Waals surface area contributed by atoms with E-state index in [1.807, 2.05) is 0 Å². The summed E-state index contributed by atoms with van der Waals surface area (Å²) in [6, 6.07) is 0. The summed E-state index contributed by atoms with van der Waals surface area (Å²) >= 11 is 0. The maximum absolute atomic E-state index is 8.95. The first-order chi connectivity index (χ1) is 2.27. The van der Waals surface area contributed by atoms with Crippen molar-refractivity contribution in [3.05, 3.63) is 10.1 Å². The van der Waals surface area contributed by atoms with Crippen LogP contribution in [-0.4, -0.2) is 49.9 Å². The van der Waals surface area contributed by atoms with Gasteiger partial charge in [-0.25, -0.2) is 0 Å². The van der Waals surface area contributed by atoms with E-state index in [1.165, 1.54) is 0 Å². The van der Waals surface area contributed by atoms with Crippen LogP contribution in [0.4, 0.5) is 0 Å². The first-order valence-corrected chi connectivity index (χ1v) is 0.956. The molecule has 0 rings (SSSR count). The molecule has 0 aliphatic rings. The molecule has 0 saturated carbocycles. The topological polar surface area (TPSA) is 52.4 Å². The molecule has 0 spiro atoms. The Morgan fingerprint density at radius 3 is 2.00 bits per heavy atom. The van der Waals surface area contributed by atoms with Crippen LogP contribution in [0.1, 0.15) is 0 Å². The normalized spacial score (nSPS) is 5.50. The van der Waals surface area contributed by atoms with E-state index in [0.717, 1.165) is 7.11 Å². The minimum absolute atomic E-state index is 0. The Kier molecular flexibility index (Phi) is 8.81. The van der Waals surface area contributed by atoms with Gasteiger partial charge in [-0.3, -0.25) is 0 Å². The molecule has 0 saturated heterocycles. The summed E-state index contributed by atoms with van der Waals surface area (Å²) in [5, 5.41) is 8.08. The van der Waals surface area contributed by atoms with Crippen LogP contribution in [0.5, 0.6) is 0 Å². The number of rotatable bonds is 1. The van der Waals surface area contributed by atoms with Gasteiger partial charge < -0.3 is 4.84 Å². The molecular weight excluding hydrogens is 114 g/mol. The van der Waals surface area contributed by atoms with Crippen LogP contribution in [0.3, 0.4) is 0 Å².